The lowest BCUT2D eigenvalue weighted by atomic mass is 9.69. The fraction of sp³-hybridized carbons (Fsp3) is 0.700. The molecule has 1 nitrogen and oxygen atoms in total. The monoisotopic (exact) mass is 286 g/mol. The predicted molar refractivity (Wildman–Crippen MR) is 89.0 cm³/mol. The topological polar surface area (TPSA) is 9.23 Å². The molecule has 0 bridgehead atoms. The van der Waals surface area contributed by atoms with Crippen molar-refractivity contribution >= 4 is 0 Å². The van der Waals surface area contributed by atoms with Crippen molar-refractivity contribution in [2.75, 3.05) is 6.61 Å². The standard InChI is InChI=1S/C20H30O/c1-14(2)15-9-10-17(19(3,4)5)16-8-6-11-20(18(15)16)12-7-13-21-20/h9-10,14H,6-8,11-13H2,1-5H3. The molecule has 1 heteroatoms. The molecule has 0 amide bonds. The number of ether oxygens (including phenoxy) is 1. The molecule has 1 aromatic rings. The van der Waals surface area contributed by atoms with Gasteiger partial charge in [0.05, 0.1) is 5.60 Å². The molecule has 21 heavy (non-hydrogen) atoms. The van der Waals surface area contributed by atoms with E-state index in [1.165, 1.54) is 43.2 Å². The Morgan fingerprint density at radius 1 is 1.10 bits per heavy atom. The summed E-state index contributed by atoms with van der Waals surface area (Å²) in [6.45, 7) is 12.6. The Bertz CT molecular complexity index is 528. The molecule has 3 rings (SSSR count). The highest BCUT2D eigenvalue weighted by molar-refractivity contribution is 5.50. The maximum atomic E-state index is 6.37. The van der Waals surface area contributed by atoms with Crippen LogP contribution >= 0.6 is 0 Å². The van der Waals surface area contributed by atoms with Crippen LogP contribution in [0.4, 0.5) is 0 Å². The van der Waals surface area contributed by atoms with Gasteiger partial charge in [-0.2, -0.15) is 0 Å². The zero-order valence-electron chi connectivity index (χ0n) is 14.4. The first kappa shape index (κ1) is 15.1. The van der Waals surface area contributed by atoms with E-state index in [-0.39, 0.29) is 11.0 Å². The number of rotatable bonds is 1. The lowest BCUT2D eigenvalue weighted by Gasteiger charge is -2.40. The van der Waals surface area contributed by atoms with Crippen molar-refractivity contribution in [3.05, 3.63) is 34.4 Å². The Morgan fingerprint density at radius 2 is 1.81 bits per heavy atom. The SMILES string of the molecule is CC(C)c1ccc(C(C)(C)C)c2c1C1(CCCO1)CCC2. The molecular weight excluding hydrogens is 256 g/mol. The minimum Gasteiger partial charge on any atom is -0.370 e. The maximum absolute atomic E-state index is 6.37. The summed E-state index contributed by atoms with van der Waals surface area (Å²) in [5.41, 5.74) is 6.51. The van der Waals surface area contributed by atoms with Crippen molar-refractivity contribution in [2.24, 2.45) is 0 Å². The van der Waals surface area contributed by atoms with Crippen LogP contribution in [0.1, 0.15) is 88.5 Å². The van der Waals surface area contributed by atoms with Gasteiger partial charge in [0, 0.05) is 6.61 Å². The fourth-order valence-electron chi connectivity index (χ4n) is 4.41. The van der Waals surface area contributed by atoms with E-state index in [1.54, 1.807) is 11.1 Å². The van der Waals surface area contributed by atoms with E-state index in [1.807, 2.05) is 0 Å². The summed E-state index contributed by atoms with van der Waals surface area (Å²) < 4.78 is 6.37. The van der Waals surface area contributed by atoms with Crippen molar-refractivity contribution in [2.45, 2.75) is 83.7 Å². The molecule has 0 saturated carbocycles. The molecule has 116 valence electrons. The van der Waals surface area contributed by atoms with E-state index in [0.717, 1.165) is 6.61 Å². The van der Waals surface area contributed by atoms with Crippen molar-refractivity contribution in [3.63, 3.8) is 0 Å². The Balaban J connectivity index is 2.26. The van der Waals surface area contributed by atoms with Crippen LogP contribution in [0.2, 0.25) is 0 Å². The Morgan fingerprint density at radius 3 is 2.38 bits per heavy atom. The minimum atomic E-state index is 0.0362. The summed E-state index contributed by atoms with van der Waals surface area (Å²) in [6.07, 6.45) is 6.16. The minimum absolute atomic E-state index is 0.0362. The Hall–Kier alpha value is -0.820. The van der Waals surface area contributed by atoms with E-state index in [4.69, 9.17) is 4.74 Å². The fourth-order valence-corrected chi connectivity index (χ4v) is 4.41. The summed E-state index contributed by atoms with van der Waals surface area (Å²) in [5, 5.41) is 0. The summed E-state index contributed by atoms with van der Waals surface area (Å²) in [7, 11) is 0. The lowest BCUT2D eigenvalue weighted by Crippen LogP contribution is -2.33. The predicted octanol–water partition coefficient (Wildman–Crippen LogP) is 5.45. The van der Waals surface area contributed by atoms with Crippen LogP contribution < -0.4 is 0 Å². The molecule has 2 aliphatic rings. The second-order valence-corrected chi connectivity index (χ2v) is 8.26. The van der Waals surface area contributed by atoms with Crippen LogP contribution in [-0.4, -0.2) is 6.61 Å². The molecule has 1 aliphatic heterocycles. The molecule has 1 aromatic carbocycles. The first-order valence-electron chi connectivity index (χ1n) is 8.66. The number of hydrogen-bond donors (Lipinski definition) is 0. The largest absolute Gasteiger partial charge is 0.370 e. The quantitative estimate of drug-likeness (QED) is 0.667. The number of benzene rings is 1. The second-order valence-electron chi connectivity index (χ2n) is 8.26. The highest BCUT2D eigenvalue weighted by Gasteiger charge is 2.43. The van der Waals surface area contributed by atoms with Crippen LogP contribution in [-0.2, 0) is 22.2 Å². The molecule has 1 unspecified atom stereocenters. The van der Waals surface area contributed by atoms with Gasteiger partial charge in [-0.1, -0.05) is 46.8 Å². The van der Waals surface area contributed by atoms with E-state index in [2.05, 4.69) is 46.8 Å². The van der Waals surface area contributed by atoms with E-state index >= 15 is 0 Å². The third kappa shape index (κ3) is 2.44. The average molecular weight is 286 g/mol. The van der Waals surface area contributed by atoms with Gasteiger partial charge in [0.1, 0.15) is 0 Å². The van der Waals surface area contributed by atoms with E-state index in [0.29, 0.717) is 5.92 Å². The summed E-state index contributed by atoms with van der Waals surface area (Å²) in [4.78, 5) is 0. The van der Waals surface area contributed by atoms with Gasteiger partial charge < -0.3 is 4.74 Å². The van der Waals surface area contributed by atoms with E-state index < -0.39 is 0 Å². The zero-order valence-corrected chi connectivity index (χ0v) is 14.4. The normalized spacial score (nSPS) is 25.6. The van der Waals surface area contributed by atoms with Gasteiger partial charge in [0.2, 0.25) is 0 Å². The third-order valence-corrected chi connectivity index (χ3v) is 5.34. The molecule has 0 radical (unpaired) electrons. The van der Waals surface area contributed by atoms with Crippen LogP contribution in [0.25, 0.3) is 0 Å². The second kappa shape index (κ2) is 5.12. The summed E-state index contributed by atoms with van der Waals surface area (Å²) in [5.74, 6) is 0.576. The molecular formula is C20H30O. The van der Waals surface area contributed by atoms with Crippen molar-refractivity contribution in [1.82, 2.24) is 0 Å². The van der Waals surface area contributed by atoms with Gasteiger partial charge in [0.15, 0.2) is 0 Å². The maximum Gasteiger partial charge on any atom is 0.0937 e. The van der Waals surface area contributed by atoms with Crippen molar-refractivity contribution in [1.29, 1.82) is 0 Å². The molecule has 1 spiro atoms. The molecule has 1 aliphatic carbocycles. The van der Waals surface area contributed by atoms with Gasteiger partial charge in [-0.15, -0.1) is 0 Å². The molecule has 1 heterocycles. The molecule has 0 aromatic heterocycles. The lowest BCUT2D eigenvalue weighted by molar-refractivity contribution is -0.0150. The smallest absolute Gasteiger partial charge is 0.0937 e. The van der Waals surface area contributed by atoms with Gasteiger partial charge in [-0.3, -0.25) is 0 Å². The van der Waals surface area contributed by atoms with Gasteiger partial charge in [0.25, 0.3) is 0 Å². The molecule has 1 fully saturated rings. The van der Waals surface area contributed by atoms with Gasteiger partial charge in [-0.25, -0.2) is 0 Å². The zero-order chi connectivity index (χ0) is 15.3. The number of hydrogen-bond acceptors (Lipinski definition) is 1. The molecule has 1 atom stereocenters. The van der Waals surface area contributed by atoms with Crippen LogP contribution in [0.15, 0.2) is 12.1 Å². The van der Waals surface area contributed by atoms with Gasteiger partial charge >= 0.3 is 0 Å². The van der Waals surface area contributed by atoms with E-state index in [9.17, 15) is 0 Å². The van der Waals surface area contributed by atoms with Crippen LogP contribution in [0, 0.1) is 0 Å². The van der Waals surface area contributed by atoms with Crippen molar-refractivity contribution in [3.8, 4) is 0 Å². The summed E-state index contributed by atoms with van der Waals surface area (Å²) in [6, 6.07) is 4.78. The highest BCUT2D eigenvalue weighted by atomic mass is 16.5. The average Bonchev–Trinajstić information content (AvgIpc) is 2.85. The summed E-state index contributed by atoms with van der Waals surface area (Å²) >= 11 is 0. The Kier molecular flexibility index (Phi) is 3.68. The highest BCUT2D eigenvalue weighted by Crippen LogP contribution is 2.50. The van der Waals surface area contributed by atoms with Crippen molar-refractivity contribution < 1.29 is 4.74 Å². The van der Waals surface area contributed by atoms with Crippen LogP contribution in [0.3, 0.4) is 0 Å². The van der Waals surface area contributed by atoms with Gasteiger partial charge in [-0.05, 0) is 65.7 Å². The Labute approximate surface area is 130 Å². The molecule has 1 saturated heterocycles. The molecule has 0 N–H and O–H groups in total. The first-order valence-corrected chi connectivity index (χ1v) is 8.66. The van der Waals surface area contributed by atoms with Crippen LogP contribution in [0.5, 0.6) is 0 Å². The number of fused-ring (bicyclic) bond motifs is 2. The third-order valence-electron chi connectivity index (χ3n) is 5.34. The first-order chi connectivity index (χ1) is 9.85.